The fourth-order valence-corrected chi connectivity index (χ4v) is 5.70. The number of carbonyl (C=O) groups is 1. The molecule has 0 radical (unpaired) electrons. The Morgan fingerprint density at radius 2 is 1.90 bits per heavy atom. The number of hydrogen-bond acceptors (Lipinski definition) is 4. The third kappa shape index (κ3) is 4.03. The van der Waals surface area contributed by atoms with Crippen LogP contribution in [0, 0.1) is 0 Å². The Balaban J connectivity index is 1.51. The van der Waals surface area contributed by atoms with Crippen molar-refractivity contribution in [1.82, 2.24) is 4.90 Å². The average molecular weight is 482 g/mol. The molecule has 164 valence electrons. The molecular weight excluding hydrogens is 459 g/mol. The molecule has 2 aromatic carbocycles. The van der Waals surface area contributed by atoms with Gasteiger partial charge in [-0.15, -0.1) is 0 Å². The van der Waals surface area contributed by atoms with Crippen LogP contribution in [0.2, 0.25) is 15.1 Å². The predicted molar refractivity (Wildman–Crippen MR) is 123 cm³/mol. The number of rotatable bonds is 4. The summed E-state index contributed by atoms with van der Waals surface area (Å²) in [5.41, 5.74) is 2.75. The van der Waals surface area contributed by atoms with Crippen LogP contribution >= 0.6 is 34.8 Å². The zero-order valence-corrected chi connectivity index (χ0v) is 19.1. The monoisotopic (exact) mass is 480 g/mol. The first-order valence-corrected chi connectivity index (χ1v) is 11.7. The van der Waals surface area contributed by atoms with Crippen molar-refractivity contribution in [1.29, 1.82) is 0 Å². The lowest BCUT2D eigenvalue weighted by Crippen LogP contribution is -2.39. The first-order valence-electron chi connectivity index (χ1n) is 10.6. The summed E-state index contributed by atoms with van der Waals surface area (Å²) < 4.78 is 6.53. The van der Waals surface area contributed by atoms with Crippen molar-refractivity contribution in [3.63, 3.8) is 0 Å². The summed E-state index contributed by atoms with van der Waals surface area (Å²) in [7, 11) is 0. The molecule has 1 N–H and O–H groups in total. The maximum absolute atomic E-state index is 12.2. The minimum atomic E-state index is -0.337. The van der Waals surface area contributed by atoms with Crippen molar-refractivity contribution in [3.05, 3.63) is 56.5 Å². The molecule has 1 amide bonds. The molecule has 8 heteroatoms. The Hall–Kier alpha value is -1.50. The number of aliphatic hydroxyl groups is 1. The molecule has 3 aliphatic rings. The average Bonchev–Trinajstić information content (AvgIpc) is 3.43. The van der Waals surface area contributed by atoms with Crippen LogP contribution in [0.5, 0.6) is 5.75 Å². The fraction of sp³-hybridized carbons (Fsp3) is 0.435. The standard InChI is InChI=1S/C23H23Cl3N2O3/c24-13-8-17-16(19(26)9-13)11-20(27-7-5-15(29)12-27)23(17)31-21-10-14(3-4-18(21)25)28-6-1-2-22(28)30/h3-4,8-10,15,20,23,29H,1-2,5-7,11-12H2/t15-,20+,23+/m1/s1. The molecule has 2 heterocycles. The van der Waals surface area contributed by atoms with Gasteiger partial charge in [-0.25, -0.2) is 0 Å². The second kappa shape index (κ2) is 8.45. The zero-order chi connectivity index (χ0) is 21.7. The van der Waals surface area contributed by atoms with Crippen LogP contribution in [-0.4, -0.2) is 47.7 Å². The smallest absolute Gasteiger partial charge is 0.227 e. The molecule has 1 aliphatic carbocycles. The van der Waals surface area contributed by atoms with Gasteiger partial charge in [0.25, 0.3) is 0 Å². The van der Waals surface area contributed by atoms with Gasteiger partial charge in [0.05, 0.1) is 17.2 Å². The first-order chi connectivity index (χ1) is 14.9. The number of benzene rings is 2. The third-order valence-corrected chi connectivity index (χ3v) is 7.35. The highest BCUT2D eigenvalue weighted by molar-refractivity contribution is 6.35. The lowest BCUT2D eigenvalue weighted by Gasteiger charge is -2.30. The van der Waals surface area contributed by atoms with Gasteiger partial charge in [0.2, 0.25) is 5.91 Å². The van der Waals surface area contributed by atoms with Crippen molar-refractivity contribution in [2.75, 3.05) is 24.5 Å². The van der Waals surface area contributed by atoms with Gasteiger partial charge < -0.3 is 14.7 Å². The number of fused-ring (bicyclic) bond motifs is 1. The number of aliphatic hydroxyl groups excluding tert-OH is 1. The number of amides is 1. The number of hydrogen-bond donors (Lipinski definition) is 1. The van der Waals surface area contributed by atoms with Crippen LogP contribution < -0.4 is 9.64 Å². The van der Waals surface area contributed by atoms with Gasteiger partial charge in [-0.05, 0) is 49.1 Å². The molecule has 0 unspecified atom stereocenters. The second-order valence-corrected chi connectivity index (χ2v) is 9.72. The van der Waals surface area contributed by atoms with E-state index in [0.29, 0.717) is 46.7 Å². The van der Waals surface area contributed by atoms with E-state index < -0.39 is 0 Å². The van der Waals surface area contributed by atoms with Crippen LogP contribution in [0.4, 0.5) is 5.69 Å². The topological polar surface area (TPSA) is 53.0 Å². The number of nitrogens with zero attached hydrogens (tertiary/aromatic N) is 2. The van der Waals surface area contributed by atoms with E-state index in [1.54, 1.807) is 17.0 Å². The summed E-state index contributed by atoms with van der Waals surface area (Å²) in [6.07, 6.45) is 2.19. The Morgan fingerprint density at radius 3 is 2.61 bits per heavy atom. The molecule has 3 atom stereocenters. The number of anilines is 1. The lowest BCUT2D eigenvalue weighted by atomic mass is 10.1. The highest BCUT2D eigenvalue weighted by Gasteiger charge is 2.42. The number of carbonyl (C=O) groups excluding carboxylic acids is 1. The van der Waals surface area contributed by atoms with E-state index in [4.69, 9.17) is 39.5 Å². The van der Waals surface area contributed by atoms with Gasteiger partial charge >= 0.3 is 0 Å². The lowest BCUT2D eigenvalue weighted by molar-refractivity contribution is -0.117. The summed E-state index contributed by atoms with van der Waals surface area (Å²) >= 11 is 19.4. The zero-order valence-electron chi connectivity index (χ0n) is 16.9. The maximum Gasteiger partial charge on any atom is 0.227 e. The van der Waals surface area contributed by atoms with E-state index in [1.807, 2.05) is 18.2 Å². The highest BCUT2D eigenvalue weighted by Crippen LogP contribution is 2.45. The van der Waals surface area contributed by atoms with E-state index in [-0.39, 0.29) is 24.2 Å². The molecule has 0 spiro atoms. The molecule has 0 saturated carbocycles. The second-order valence-electron chi connectivity index (χ2n) is 8.47. The molecule has 0 aromatic heterocycles. The van der Waals surface area contributed by atoms with Crippen molar-refractivity contribution in [2.24, 2.45) is 0 Å². The Kier molecular flexibility index (Phi) is 5.82. The molecule has 5 nitrogen and oxygen atoms in total. The molecule has 31 heavy (non-hydrogen) atoms. The van der Waals surface area contributed by atoms with Gasteiger partial charge in [0, 0.05) is 53.4 Å². The summed E-state index contributed by atoms with van der Waals surface area (Å²) in [6, 6.07) is 9.13. The highest BCUT2D eigenvalue weighted by atomic mass is 35.5. The predicted octanol–water partition coefficient (Wildman–Crippen LogP) is 4.89. The van der Waals surface area contributed by atoms with Crippen molar-refractivity contribution >= 4 is 46.4 Å². The van der Waals surface area contributed by atoms with E-state index in [9.17, 15) is 9.90 Å². The largest absolute Gasteiger partial charge is 0.482 e. The van der Waals surface area contributed by atoms with Crippen molar-refractivity contribution in [2.45, 2.75) is 43.9 Å². The van der Waals surface area contributed by atoms with Crippen molar-refractivity contribution in [3.8, 4) is 5.75 Å². The van der Waals surface area contributed by atoms with Crippen LogP contribution in [0.1, 0.15) is 36.5 Å². The molecule has 2 aromatic rings. The van der Waals surface area contributed by atoms with Crippen molar-refractivity contribution < 1.29 is 14.6 Å². The van der Waals surface area contributed by atoms with E-state index >= 15 is 0 Å². The van der Waals surface area contributed by atoms with Crippen LogP contribution in [-0.2, 0) is 11.2 Å². The molecule has 5 rings (SSSR count). The van der Waals surface area contributed by atoms with Gasteiger partial charge in [0.1, 0.15) is 11.9 Å². The summed E-state index contributed by atoms with van der Waals surface area (Å²) in [6.45, 7) is 2.09. The van der Waals surface area contributed by atoms with E-state index in [2.05, 4.69) is 4.90 Å². The Labute approximate surface area is 196 Å². The molecule has 2 saturated heterocycles. The van der Waals surface area contributed by atoms with Gasteiger partial charge in [-0.2, -0.15) is 0 Å². The quantitative estimate of drug-likeness (QED) is 0.676. The van der Waals surface area contributed by atoms with Crippen LogP contribution in [0.15, 0.2) is 30.3 Å². The van der Waals surface area contributed by atoms with E-state index in [1.165, 1.54) is 0 Å². The number of ether oxygens (including phenoxy) is 1. The van der Waals surface area contributed by atoms with Crippen LogP contribution in [0.25, 0.3) is 0 Å². The number of likely N-dealkylation sites (tertiary alicyclic amines) is 1. The third-order valence-electron chi connectivity index (χ3n) is 6.48. The minimum Gasteiger partial charge on any atom is -0.482 e. The summed E-state index contributed by atoms with van der Waals surface area (Å²) in [5, 5.41) is 11.8. The molecular formula is C23H23Cl3N2O3. The van der Waals surface area contributed by atoms with E-state index in [0.717, 1.165) is 36.2 Å². The molecule has 2 fully saturated rings. The van der Waals surface area contributed by atoms with Gasteiger partial charge in [-0.3, -0.25) is 9.69 Å². The normalized spacial score (nSPS) is 26.0. The maximum atomic E-state index is 12.2. The first kappa shape index (κ1) is 21.4. The van der Waals surface area contributed by atoms with Gasteiger partial charge in [0.15, 0.2) is 0 Å². The van der Waals surface area contributed by atoms with Gasteiger partial charge in [-0.1, -0.05) is 34.8 Å². The summed E-state index contributed by atoms with van der Waals surface area (Å²) in [4.78, 5) is 16.2. The molecule has 2 aliphatic heterocycles. The van der Waals surface area contributed by atoms with Crippen LogP contribution in [0.3, 0.4) is 0 Å². The Morgan fingerprint density at radius 1 is 1.06 bits per heavy atom. The number of β-amino-alcohol motifs (C(OH)–C–C–N with tert-alkyl or cyclic N) is 1. The minimum absolute atomic E-state index is 0.0104. The fourth-order valence-electron chi connectivity index (χ4n) is 4.96. The summed E-state index contributed by atoms with van der Waals surface area (Å²) in [5.74, 6) is 0.638. The molecule has 0 bridgehead atoms. The Bertz CT molecular complexity index is 1030. The SMILES string of the molecule is O=C1CCCN1c1ccc(Cl)c(O[C@H]2c3cc(Cl)cc(Cl)c3C[C@@H]2N2CC[C@@H](O)C2)c1. The number of halogens is 3.